The van der Waals surface area contributed by atoms with Gasteiger partial charge >= 0.3 is 5.97 Å². The van der Waals surface area contributed by atoms with Crippen LogP contribution >= 0.6 is 58.8 Å². The smallest absolute Gasteiger partial charge is 0.330 e. The Balaban J connectivity index is 0.000000260. The minimum Gasteiger partial charge on any atom is -0.460 e. The van der Waals surface area contributed by atoms with Crippen molar-refractivity contribution < 1.29 is 14.3 Å². The monoisotopic (exact) mass is 452 g/mol. The normalized spacial score (nSPS) is 20.8. The molecule has 3 nitrogen and oxygen atoms in total. The second-order valence-corrected chi connectivity index (χ2v) is 13.9. The summed E-state index contributed by atoms with van der Waals surface area (Å²) in [6, 6.07) is 0. The second kappa shape index (κ2) is 12.8. The molecule has 0 N–H and O–H groups in total. The first kappa shape index (κ1) is 24.4. The topological polar surface area (TPSA) is 43.4 Å². The molecule has 0 bridgehead atoms. The van der Waals surface area contributed by atoms with Crippen molar-refractivity contribution in [3.8, 4) is 0 Å². The average molecular weight is 453 g/mol. The highest BCUT2D eigenvalue weighted by atomic mass is 32.2. The highest BCUT2D eigenvalue weighted by Crippen LogP contribution is 2.44. The summed E-state index contributed by atoms with van der Waals surface area (Å²) in [6.45, 7) is 11.7. The molecular formula is C18H28O3S5. The maximum atomic E-state index is 11.0. The fourth-order valence-electron chi connectivity index (χ4n) is 2.04. The summed E-state index contributed by atoms with van der Waals surface area (Å²) in [5.74, 6) is 5.35. The Morgan fingerprint density at radius 1 is 0.962 bits per heavy atom. The van der Waals surface area contributed by atoms with Crippen molar-refractivity contribution in [3.63, 3.8) is 0 Å². The van der Waals surface area contributed by atoms with Crippen LogP contribution < -0.4 is 0 Å². The third kappa shape index (κ3) is 10.1. The standard InChI is InChI=1S/C9H14O2S2.C9H14OS3/c2*1-3-8(10)11-7-9(2)12-5-4-6-13-9/h2*3H,1,4-7H2,2H3. The number of hydrogen-bond donors (Lipinski definition) is 0. The van der Waals surface area contributed by atoms with Crippen molar-refractivity contribution in [3.05, 3.63) is 25.3 Å². The lowest BCUT2D eigenvalue weighted by atomic mass is 10.5. The molecule has 0 aromatic rings. The molecule has 0 aliphatic carbocycles. The van der Waals surface area contributed by atoms with Crippen LogP contribution in [0.4, 0.5) is 0 Å². The van der Waals surface area contributed by atoms with Crippen LogP contribution in [0.2, 0.25) is 0 Å². The van der Waals surface area contributed by atoms with Crippen LogP contribution in [-0.4, -0.2) is 54.6 Å². The van der Waals surface area contributed by atoms with Crippen molar-refractivity contribution in [2.75, 3.05) is 35.4 Å². The first-order valence-corrected chi connectivity index (χ1v) is 13.4. The molecular weight excluding hydrogens is 425 g/mol. The van der Waals surface area contributed by atoms with E-state index >= 15 is 0 Å². The summed E-state index contributed by atoms with van der Waals surface area (Å²) >= 11 is 9.07. The molecule has 8 heteroatoms. The summed E-state index contributed by atoms with van der Waals surface area (Å²) < 4.78 is 5.33. The van der Waals surface area contributed by atoms with E-state index in [2.05, 4.69) is 27.0 Å². The van der Waals surface area contributed by atoms with Gasteiger partial charge in [0.05, 0.1) is 8.16 Å². The van der Waals surface area contributed by atoms with Crippen LogP contribution in [0.5, 0.6) is 0 Å². The maximum Gasteiger partial charge on any atom is 0.330 e. The number of carbonyl (C=O) groups is 2. The molecule has 148 valence electrons. The number of carbonyl (C=O) groups excluding carboxylic acids is 2. The van der Waals surface area contributed by atoms with Crippen LogP contribution in [0.15, 0.2) is 25.3 Å². The van der Waals surface area contributed by atoms with Crippen molar-refractivity contribution in [2.24, 2.45) is 0 Å². The van der Waals surface area contributed by atoms with Gasteiger partial charge in [0.15, 0.2) is 0 Å². The fraction of sp³-hybridized carbons (Fsp3) is 0.667. The van der Waals surface area contributed by atoms with Gasteiger partial charge < -0.3 is 4.74 Å². The van der Waals surface area contributed by atoms with E-state index in [0.717, 1.165) is 17.3 Å². The molecule has 0 atom stereocenters. The lowest BCUT2D eigenvalue weighted by Crippen LogP contribution is -2.28. The van der Waals surface area contributed by atoms with E-state index in [0.29, 0.717) is 6.61 Å². The Labute approximate surface area is 179 Å². The van der Waals surface area contributed by atoms with Gasteiger partial charge in [-0.25, -0.2) is 4.79 Å². The number of hydrogen-bond acceptors (Lipinski definition) is 8. The minimum absolute atomic E-state index is 0.0525. The van der Waals surface area contributed by atoms with E-state index < -0.39 is 0 Å². The van der Waals surface area contributed by atoms with Gasteiger partial charge in [-0.3, -0.25) is 4.79 Å². The van der Waals surface area contributed by atoms with Crippen molar-refractivity contribution in [1.29, 1.82) is 0 Å². The third-order valence-electron chi connectivity index (χ3n) is 3.49. The van der Waals surface area contributed by atoms with Crippen LogP contribution in [0.1, 0.15) is 26.7 Å². The fourth-order valence-corrected chi connectivity index (χ4v) is 8.78. The van der Waals surface area contributed by atoms with E-state index in [1.807, 2.05) is 47.0 Å². The second-order valence-electron chi connectivity index (χ2n) is 5.99. The SMILES string of the molecule is C=CC(=O)OCC1(C)SCCCS1.C=CC(=O)SCC1(C)SCCCS1. The quantitative estimate of drug-likeness (QED) is 0.396. The van der Waals surface area contributed by atoms with Crippen LogP contribution in [-0.2, 0) is 14.3 Å². The largest absolute Gasteiger partial charge is 0.460 e. The first-order chi connectivity index (χ1) is 12.3. The average Bonchev–Trinajstić information content (AvgIpc) is 2.66. The van der Waals surface area contributed by atoms with Crippen LogP contribution in [0.3, 0.4) is 0 Å². The number of ether oxygens (including phenoxy) is 1. The summed E-state index contributed by atoms with van der Waals surface area (Å²) in [6.07, 6.45) is 5.15. The number of thioether (sulfide) groups is 5. The zero-order valence-electron chi connectivity index (χ0n) is 15.5. The molecule has 0 saturated carbocycles. The summed E-state index contributed by atoms with van der Waals surface area (Å²) in [5.41, 5.74) is 0. The summed E-state index contributed by atoms with van der Waals surface area (Å²) in [7, 11) is 0. The molecule has 0 aromatic heterocycles. The summed E-state index contributed by atoms with van der Waals surface area (Å²) in [5, 5.41) is 0.0907. The van der Waals surface area contributed by atoms with Crippen LogP contribution in [0.25, 0.3) is 0 Å². The van der Waals surface area contributed by atoms with Gasteiger partial charge in [0, 0.05) is 11.8 Å². The third-order valence-corrected chi connectivity index (χ3v) is 11.4. The van der Waals surface area contributed by atoms with E-state index in [9.17, 15) is 9.59 Å². The van der Waals surface area contributed by atoms with Gasteiger partial charge in [-0.2, -0.15) is 0 Å². The molecule has 2 aliphatic rings. The van der Waals surface area contributed by atoms with Gasteiger partial charge in [0.25, 0.3) is 0 Å². The molecule has 0 amide bonds. The Bertz CT molecular complexity index is 439. The Morgan fingerprint density at radius 2 is 1.46 bits per heavy atom. The lowest BCUT2D eigenvalue weighted by molar-refractivity contribution is -0.137. The molecule has 2 fully saturated rings. The molecule has 26 heavy (non-hydrogen) atoms. The molecule has 2 heterocycles. The first-order valence-electron chi connectivity index (χ1n) is 8.47. The van der Waals surface area contributed by atoms with E-state index in [4.69, 9.17) is 4.74 Å². The van der Waals surface area contributed by atoms with Crippen LogP contribution in [0, 0.1) is 0 Å². The number of rotatable bonds is 6. The Hall–Kier alpha value is 0.370. The van der Waals surface area contributed by atoms with Crippen molar-refractivity contribution in [2.45, 2.75) is 34.8 Å². The molecule has 2 aliphatic heterocycles. The highest BCUT2D eigenvalue weighted by molar-refractivity contribution is 8.21. The van der Waals surface area contributed by atoms with Crippen molar-refractivity contribution in [1.82, 2.24) is 0 Å². The predicted octanol–water partition coefficient (Wildman–Crippen LogP) is 5.32. The Kier molecular flexibility index (Phi) is 12.0. The minimum atomic E-state index is -0.326. The van der Waals surface area contributed by atoms with E-state index in [-0.39, 0.29) is 19.2 Å². The van der Waals surface area contributed by atoms with Gasteiger partial charge in [0.1, 0.15) is 6.61 Å². The molecule has 2 saturated heterocycles. The molecule has 0 aromatic carbocycles. The molecule has 0 spiro atoms. The van der Waals surface area contributed by atoms with Gasteiger partial charge in [-0.05, 0) is 55.8 Å². The highest BCUT2D eigenvalue weighted by Gasteiger charge is 2.30. The summed E-state index contributed by atoms with van der Waals surface area (Å²) in [4.78, 5) is 21.9. The zero-order chi connectivity index (χ0) is 19.5. The van der Waals surface area contributed by atoms with Crippen molar-refractivity contribution >= 4 is 69.9 Å². The van der Waals surface area contributed by atoms with E-state index in [1.54, 1.807) is 0 Å². The van der Waals surface area contributed by atoms with Gasteiger partial charge in [0.2, 0.25) is 5.12 Å². The Morgan fingerprint density at radius 3 is 1.92 bits per heavy atom. The number of esters is 1. The predicted molar refractivity (Wildman–Crippen MR) is 125 cm³/mol. The van der Waals surface area contributed by atoms with Gasteiger partial charge in [-0.1, -0.05) is 24.9 Å². The zero-order valence-corrected chi connectivity index (χ0v) is 19.6. The van der Waals surface area contributed by atoms with E-state index in [1.165, 1.54) is 48.3 Å². The molecule has 0 radical (unpaired) electrons. The molecule has 2 rings (SSSR count). The maximum absolute atomic E-state index is 11.0. The van der Waals surface area contributed by atoms with Gasteiger partial charge in [-0.15, -0.1) is 47.0 Å². The lowest BCUT2D eigenvalue weighted by Gasteiger charge is -2.31. The molecule has 0 unspecified atom stereocenters.